The summed E-state index contributed by atoms with van der Waals surface area (Å²) in [6.45, 7) is 1.80. The summed E-state index contributed by atoms with van der Waals surface area (Å²) in [5.74, 6) is -0.465. The highest BCUT2D eigenvalue weighted by atomic mass is 16.1. The number of primary amides is 1. The van der Waals surface area contributed by atoms with E-state index in [9.17, 15) is 4.79 Å². The van der Waals surface area contributed by atoms with Crippen molar-refractivity contribution in [3.8, 4) is 0 Å². The number of carbonyl (C=O) groups excluding carboxylic acids is 1. The lowest BCUT2D eigenvalue weighted by atomic mass is 10.0. The summed E-state index contributed by atoms with van der Waals surface area (Å²) in [7, 11) is 0. The summed E-state index contributed by atoms with van der Waals surface area (Å²) in [4.78, 5) is 10.7. The molecular weight excluding hydrogens is 150 g/mol. The number of nitrogens with two attached hydrogens (primary N) is 1. The Labute approximate surface area is 73.4 Å². The highest BCUT2D eigenvalue weighted by molar-refractivity contribution is 5.81. The molecule has 0 radical (unpaired) electrons. The van der Waals surface area contributed by atoms with Gasteiger partial charge in [-0.15, -0.1) is 0 Å². The molecule has 0 bridgehead atoms. The van der Waals surface area contributed by atoms with Crippen LogP contribution in [0.2, 0.25) is 0 Å². The predicted octanol–water partition coefficient (Wildman–Crippen LogP) is 1.91. The highest BCUT2D eigenvalue weighted by Crippen LogP contribution is 2.12. The summed E-state index contributed by atoms with van der Waals surface area (Å²) < 4.78 is 0. The maximum atomic E-state index is 10.7. The molecule has 1 aromatic rings. The molecule has 1 amide bonds. The second kappa shape index (κ2) is 4.54. The van der Waals surface area contributed by atoms with Crippen molar-refractivity contribution >= 4 is 5.91 Å². The average molecular weight is 165 g/mol. The zero-order valence-corrected chi connectivity index (χ0v) is 6.45. The number of amides is 1. The smallest absolute Gasteiger partial charge is 0.224 e. The summed E-state index contributed by atoms with van der Waals surface area (Å²) >= 11 is 0. The number of hydrogen-bond acceptors (Lipinski definition) is 1. The molecule has 1 unspecified atom stereocenters. The molecule has 0 aliphatic rings. The molecule has 0 spiro atoms. The third-order valence-corrected chi connectivity index (χ3v) is 1.73. The molecule has 1 atom stereocenters. The molecule has 0 aliphatic carbocycles. The van der Waals surface area contributed by atoms with Crippen molar-refractivity contribution in [3.63, 3.8) is 0 Å². The van der Waals surface area contributed by atoms with Crippen LogP contribution in [0.15, 0.2) is 30.3 Å². The minimum atomic E-state index is -0.281. The lowest BCUT2D eigenvalue weighted by molar-refractivity contribution is -0.119. The first kappa shape index (κ1) is 10.7. The van der Waals surface area contributed by atoms with Crippen LogP contribution < -0.4 is 5.73 Å². The van der Waals surface area contributed by atoms with Gasteiger partial charge in [0.25, 0.3) is 0 Å². The Kier molecular flexibility index (Phi) is 4.05. The minimum Gasteiger partial charge on any atom is -0.369 e. The molecule has 2 heteroatoms. The van der Waals surface area contributed by atoms with Crippen LogP contribution >= 0.6 is 0 Å². The molecule has 0 saturated heterocycles. The zero-order valence-electron chi connectivity index (χ0n) is 6.45. The van der Waals surface area contributed by atoms with E-state index >= 15 is 0 Å². The van der Waals surface area contributed by atoms with Crippen molar-refractivity contribution in [1.82, 2.24) is 0 Å². The fourth-order valence-electron chi connectivity index (χ4n) is 0.906. The average Bonchev–Trinajstić information content (AvgIpc) is 2.05. The van der Waals surface area contributed by atoms with E-state index in [4.69, 9.17) is 5.73 Å². The van der Waals surface area contributed by atoms with E-state index < -0.39 is 0 Å². The van der Waals surface area contributed by atoms with Crippen molar-refractivity contribution < 1.29 is 4.79 Å². The van der Waals surface area contributed by atoms with E-state index in [0.717, 1.165) is 5.56 Å². The van der Waals surface area contributed by atoms with Gasteiger partial charge in [0.2, 0.25) is 5.91 Å². The highest BCUT2D eigenvalue weighted by Gasteiger charge is 2.09. The van der Waals surface area contributed by atoms with Gasteiger partial charge < -0.3 is 5.73 Å². The quantitative estimate of drug-likeness (QED) is 0.714. The first-order valence-corrected chi connectivity index (χ1v) is 3.56. The first-order valence-electron chi connectivity index (χ1n) is 3.56. The SMILES string of the molecule is C.CC(C(N)=O)c1ccccc1. The summed E-state index contributed by atoms with van der Waals surface area (Å²) in [5.41, 5.74) is 6.10. The molecule has 12 heavy (non-hydrogen) atoms. The van der Waals surface area contributed by atoms with E-state index in [1.807, 2.05) is 30.3 Å². The molecule has 0 aromatic heterocycles. The van der Waals surface area contributed by atoms with E-state index in [1.165, 1.54) is 0 Å². The summed E-state index contributed by atoms with van der Waals surface area (Å²) in [6.07, 6.45) is 0. The predicted molar refractivity (Wildman–Crippen MR) is 50.8 cm³/mol. The lowest BCUT2D eigenvalue weighted by Gasteiger charge is -2.05. The van der Waals surface area contributed by atoms with Crippen molar-refractivity contribution in [2.45, 2.75) is 20.3 Å². The van der Waals surface area contributed by atoms with Crippen LogP contribution in [0, 0.1) is 0 Å². The fraction of sp³-hybridized carbons (Fsp3) is 0.300. The zero-order chi connectivity index (χ0) is 8.27. The van der Waals surface area contributed by atoms with Crippen LogP contribution in [-0.4, -0.2) is 5.91 Å². The van der Waals surface area contributed by atoms with Crippen LogP contribution in [0.4, 0.5) is 0 Å². The number of rotatable bonds is 2. The summed E-state index contributed by atoms with van der Waals surface area (Å²) in [6, 6.07) is 9.51. The van der Waals surface area contributed by atoms with Gasteiger partial charge in [0.05, 0.1) is 5.92 Å². The molecule has 66 valence electrons. The Morgan fingerprint density at radius 3 is 2.25 bits per heavy atom. The van der Waals surface area contributed by atoms with Crippen LogP contribution in [0.25, 0.3) is 0 Å². The van der Waals surface area contributed by atoms with Gasteiger partial charge in [0.1, 0.15) is 0 Å². The topological polar surface area (TPSA) is 43.1 Å². The Hall–Kier alpha value is -1.31. The van der Waals surface area contributed by atoms with Crippen molar-refractivity contribution in [2.24, 2.45) is 5.73 Å². The van der Waals surface area contributed by atoms with Crippen molar-refractivity contribution in [1.29, 1.82) is 0 Å². The van der Waals surface area contributed by atoms with Gasteiger partial charge >= 0.3 is 0 Å². The standard InChI is InChI=1S/C9H11NO.CH4/c1-7(9(10)11)8-5-3-2-4-6-8;/h2-7H,1H3,(H2,10,11);1H4. The molecule has 2 N–H and O–H groups in total. The third kappa shape index (κ3) is 2.38. The maximum Gasteiger partial charge on any atom is 0.224 e. The molecule has 0 fully saturated rings. The maximum absolute atomic E-state index is 10.7. The lowest BCUT2D eigenvalue weighted by Crippen LogP contribution is -2.18. The van der Waals surface area contributed by atoms with Crippen LogP contribution in [0.1, 0.15) is 25.8 Å². The van der Waals surface area contributed by atoms with Crippen LogP contribution in [0.5, 0.6) is 0 Å². The van der Waals surface area contributed by atoms with Crippen LogP contribution in [0.3, 0.4) is 0 Å². The van der Waals surface area contributed by atoms with Crippen molar-refractivity contribution in [2.75, 3.05) is 0 Å². The number of carbonyl (C=O) groups is 1. The van der Waals surface area contributed by atoms with E-state index in [0.29, 0.717) is 0 Å². The first-order chi connectivity index (χ1) is 5.22. The van der Waals surface area contributed by atoms with Gasteiger partial charge in [0, 0.05) is 0 Å². The molecule has 0 aliphatic heterocycles. The Morgan fingerprint density at radius 1 is 1.33 bits per heavy atom. The second-order valence-corrected chi connectivity index (χ2v) is 2.53. The monoisotopic (exact) mass is 165 g/mol. The summed E-state index contributed by atoms with van der Waals surface area (Å²) in [5, 5.41) is 0. The van der Waals surface area contributed by atoms with Gasteiger partial charge in [0.15, 0.2) is 0 Å². The second-order valence-electron chi connectivity index (χ2n) is 2.53. The molecule has 0 heterocycles. The fourth-order valence-corrected chi connectivity index (χ4v) is 0.906. The molecule has 2 nitrogen and oxygen atoms in total. The van der Waals surface area contributed by atoms with Gasteiger partial charge in [-0.2, -0.15) is 0 Å². The molecule has 1 rings (SSSR count). The van der Waals surface area contributed by atoms with Gasteiger partial charge in [-0.1, -0.05) is 37.8 Å². The Balaban J connectivity index is 0.00000121. The van der Waals surface area contributed by atoms with E-state index in [-0.39, 0.29) is 19.3 Å². The molecule has 1 aromatic carbocycles. The Bertz CT molecular complexity index is 243. The van der Waals surface area contributed by atoms with Gasteiger partial charge in [-0.25, -0.2) is 0 Å². The van der Waals surface area contributed by atoms with Gasteiger partial charge in [-0.05, 0) is 12.5 Å². The van der Waals surface area contributed by atoms with Gasteiger partial charge in [-0.3, -0.25) is 4.79 Å². The molecule has 0 saturated carbocycles. The molecular formula is C10H15NO. The van der Waals surface area contributed by atoms with E-state index in [1.54, 1.807) is 6.92 Å². The van der Waals surface area contributed by atoms with E-state index in [2.05, 4.69) is 0 Å². The minimum absolute atomic E-state index is 0. The van der Waals surface area contributed by atoms with Crippen molar-refractivity contribution in [3.05, 3.63) is 35.9 Å². The Morgan fingerprint density at radius 2 is 1.83 bits per heavy atom. The normalized spacial score (nSPS) is 11.4. The number of hydrogen-bond donors (Lipinski definition) is 1. The largest absolute Gasteiger partial charge is 0.369 e. The number of benzene rings is 1. The third-order valence-electron chi connectivity index (χ3n) is 1.73. The van der Waals surface area contributed by atoms with Crippen LogP contribution in [-0.2, 0) is 4.79 Å².